The Hall–Kier alpha value is -0.570. The van der Waals surface area contributed by atoms with E-state index in [1.165, 1.54) is 0 Å². The number of aliphatic hydroxyl groups excluding tert-OH is 1. The van der Waals surface area contributed by atoms with Crippen LogP contribution in [0, 0.1) is 0 Å². The van der Waals surface area contributed by atoms with E-state index in [-0.39, 0.29) is 6.61 Å². The second-order valence-electron chi connectivity index (χ2n) is 2.41. The fourth-order valence-corrected chi connectivity index (χ4v) is 1.09. The predicted octanol–water partition coefficient (Wildman–Crippen LogP) is 1.85. The molecule has 0 unspecified atom stereocenters. The van der Waals surface area contributed by atoms with Crippen molar-refractivity contribution in [2.75, 3.05) is 13.2 Å². The number of rotatable bonds is 4. The van der Waals surface area contributed by atoms with Crippen LogP contribution in [0.3, 0.4) is 0 Å². The zero-order valence-electron chi connectivity index (χ0n) is 6.66. The second-order valence-corrected chi connectivity index (χ2v) is 2.84. The third kappa shape index (κ3) is 3.22. The maximum atomic E-state index is 8.45. The summed E-state index contributed by atoms with van der Waals surface area (Å²) in [6.45, 7) is 0.925. The summed E-state index contributed by atoms with van der Waals surface area (Å²) in [4.78, 5) is 0. The molecule has 1 rings (SSSR count). The smallest absolute Gasteiger partial charge is 0.0718 e. The lowest BCUT2D eigenvalue weighted by Gasteiger charge is -2.01. The van der Waals surface area contributed by atoms with Crippen LogP contribution in [0.1, 0.15) is 5.56 Å². The van der Waals surface area contributed by atoms with Crippen molar-refractivity contribution in [3.05, 3.63) is 34.9 Å². The average molecular weight is 187 g/mol. The Kier molecular flexibility index (Phi) is 4.08. The number of benzene rings is 1. The molecule has 1 aromatic rings. The van der Waals surface area contributed by atoms with Gasteiger partial charge in [-0.15, -0.1) is 0 Å². The van der Waals surface area contributed by atoms with E-state index in [1.807, 2.05) is 24.3 Å². The van der Waals surface area contributed by atoms with E-state index in [0.29, 0.717) is 18.2 Å². The van der Waals surface area contributed by atoms with E-state index in [4.69, 9.17) is 21.4 Å². The standard InChI is InChI=1S/C9H11ClO2/c10-9-3-1-2-8(6-9)7-12-5-4-11/h1-3,6,11H,4-5,7H2. The molecule has 0 aliphatic heterocycles. The van der Waals surface area contributed by atoms with Crippen molar-refractivity contribution in [1.82, 2.24) is 0 Å². The quantitative estimate of drug-likeness (QED) is 0.728. The molecule has 0 aliphatic rings. The van der Waals surface area contributed by atoms with E-state index in [0.717, 1.165) is 5.56 Å². The van der Waals surface area contributed by atoms with Crippen LogP contribution in [0.5, 0.6) is 0 Å². The molecule has 0 spiro atoms. The molecule has 0 fully saturated rings. The van der Waals surface area contributed by atoms with Gasteiger partial charge in [0.05, 0.1) is 19.8 Å². The molecule has 0 atom stereocenters. The Morgan fingerprint density at radius 3 is 2.92 bits per heavy atom. The third-order valence-electron chi connectivity index (χ3n) is 1.39. The first-order chi connectivity index (χ1) is 5.83. The van der Waals surface area contributed by atoms with Crippen LogP contribution in [-0.4, -0.2) is 18.3 Å². The van der Waals surface area contributed by atoms with Crippen molar-refractivity contribution >= 4 is 11.6 Å². The van der Waals surface area contributed by atoms with Gasteiger partial charge in [0.2, 0.25) is 0 Å². The topological polar surface area (TPSA) is 29.5 Å². The monoisotopic (exact) mass is 186 g/mol. The summed E-state index contributed by atoms with van der Waals surface area (Å²) in [6.07, 6.45) is 0. The fourth-order valence-electron chi connectivity index (χ4n) is 0.881. The maximum Gasteiger partial charge on any atom is 0.0718 e. The van der Waals surface area contributed by atoms with Crippen molar-refractivity contribution in [2.45, 2.75) is 6.61 Å². The van der Waals surface area contributed by atoms with Crippen LogP contribution >= 0.6 is 11.6 Å². The van der Waals surface area contributed by atoms with E-state index < -0.39 is 0 Å². The molecule has 0 radical (unpaired) electrons. The van der Waals surface area contributed by atoms with Crippen LogP contribution < -0.4 is 0 Å². The molecule has 1 N–H and O–H groups in total. The van der Waals surface area contributed by atoms with Crippen LogP contribution in [0.4, 0.5) is 0 Å². The minimum absolute atomic E-state index is 0.0561. The Morgan fingerprint density at radius 2 is 2.25 bits per heavy atom. The van der Waals surface area contributed by atoms with Gasteiger partial charge in [-0.05, 0) is 17.7 Å². The highest BCUT2D eigenvalue weighted by molar-refractivity contribution is 6.30. The molecule has 66 valence electrons. The number of hydrogen-bond acceptors (Lipinski definition) is 2. The van der Waals surface area contributed by atoms with Gasteiger partial charge in [0.15, 0.2) is 0 Å². The molecule has 2 nitrogen and oxygen atoms in total. The highest BCUT2D eigenvalue weighted by Gasteiger charge is 1.93. The zero-order valence-corrected chi connectivity index (χ0v) is 7.42. The maximum absolute atomic E-state index is 8.45. The predicted molar refractivity (Wildman–Crippen MR) is 48.2 cm³/mol. The van der Waals surface area contributed by atoms with Gasteiger partial charge in [-0.25, -0.2) is 0 Å². The lowest BCUT2D eigenvalue weighted by Crippen LogP contribution is -1.98. The van der Waals surface area contributed by atoms with E-state index in [2.05, 4.69) is 0 Å². The van der Waals surface area contributed by atoms with Gasteiger partial charge in [-0.3, -0.25) is 0 Å². The Labute approximate surface area is 76.7 Å². The molecular formula is C9H11ClO2. The minimum Gasteiger partial charge on any atom is -0.394 e. The molecule has 0 aromatic heterocycles. The highest BCUT2D eigenvalue weighted by Crippen LogP contribution is 2.11. The fraction of sp³-hybridized carbons (Fsp3) is 0.333. The van der Waals surface area contributed by atoms with Gasteiger partial charge in [-0.1, -0.05) is 23.7 Å². The van der Waals surface area contributed by atoms with Crippen LogP contribution in [0.15, 0.2) is 24.3 Å². The van der Waals surface area contributed by atoms with Crippen molar-refractivity contribution in [1.29, 1.82) is 0 Å². The lowest BCUT2D eigenvalue weighted by atomic mass is 10.2. The summed E-state index contributed by atoms with van der Waals surface area (Å²) in [5.74, 6) is 0. The zero-order chi connectivity index (χ0) is 8.81. The van der Waals surface area contributed by atoms with Crippen molar-refractivity contribution < 1.29 is 9.84 Å². The SMILES string of the molecule is OCCOCc1cccc(Cl)c1. The van der Waals surface area contributed by atoms with E-state index in [1.54, 1.807) is 0 Å². The summed E-state index contributed by atoms with van der Waals surface area (Å²) >= 11 is 5.75. The molecule has 0 amide bonds. The normalized spacial score (nSPS) is 10.2. The van der Waals surface area contributed by atoms with Crippen molar-refractivity contribution in [3.8, 4) is 0 Å². The summed E-state index contributed by atoms with van der Waals surface area (Å²) < 4.78 is 5.12. The third-order valence-corrected chi connectivity index (χ3v) is 1.63. The minimum atomic E-state index is 0.0561. The van der Waals surface area contributed by atoms with Gasteiger partial charge >= 0.3 is 0 Å². The summed E-state index contributed by atoms with van der Waals surface area (Å²) in [5, 5.41) is 9.16. The average Bonchev–Trinajstić information content (AvgIpc) is 2.05. The van der Waals surface area contributed by atoms with Crippen LogP contribution in [0.25, 0.3) is 0 Å². The molecular weight excluding hydrogens is 176 g/mol. The number of hydrogen-bond donors (Lipinski definition) is 1. The summed E-state index contributed by atoms with van der Waals surface area (Å²) in [7, 11) is 0. The number of halogens is 1. The van der Waals surface area contributed by atoms with Crippen LogP contribution in [-0.2, 0) is 11.3 Å². The summed E-state index contributed by atoms with van der Waals surface area (Å²) in [5.41, 5.74) is 1.02. The van der Waals surface area contributed by atoms with E-state index >= 15 is 0 Å². The van der Waals surface area contributed by atoms with Crippen molar-refractivity contribution in [3.63, 3.8) is 0 Å². The largest absolute Gasteiger partial charge is 0.394 e. The first-order valence-corrected chi connectivity index (χ1v) is 4.14. The van der Waals surface area contributed by atoms with Crippen LogP contribution in [0.2, 0.25) is 5.02 Å². The highest BCUT2D eigenvalue weighted by atomic mass is 35.5. The molecule has 0 aliphatic carbocycles. The molecule has 0 bridgehead atoms. The molecule has 1 aromatic carbocycles. The summed E-state index contributed by atoms with van der Waals surface area (Å²) in [6, 6.07) is 7.47. The molecule has 3 heteroatoms. The van der Waals surface area contributed by atoms with Gasteiger partial charge in [-0.2, -0.15) is 0 Å². The van der Waals surface area contributed by atoms with Gasteiger partial charge < -0.3 is 9.84 Å². The number of aliphatic hydroxyl groups is 1. The van der Waals surface area contributed by atoms with E-state index in [9.17, 15) is 0 Å². The first kappa shape index (κ1) is 9.52. The molecule has 12 heavy (non-hydrogen) atoms. The first-order valence-electron chi connectivity index (χ1n) is 3.76. The Bertz CT molecular complexity index is 238. The van der Waals surface area contributed by atoms with Gasteiger partial charge in [0.25, 0.3) is 0 Å². The van der Waals surface area contributed by atoms with Crippen molar-refractivity contribution in [2.24, 2.45) is 0 Å². The second kappa shape index (κ2) is 5.14. The number of ether oxygens (including phenoxy) is 1. The Balaban J connectivity index is 2.41. The lowest BCUT2D eigenvalue weighted by molar-refractivity contribution is 0.0815. The van der Waals surface area contributed by atoms with Gasteiger partial charge in [0.1, 0.15) is 0 Å². The molecule has 0 saturated carbocycles. The molecule has 0 saturated heterocycles. The molecule has 0 heterocycles. The van der Waals surface area contributed by atoms with Gasteiger partial charge in [0, 0.05) is 5.02 Å². The Morgan fingerprint density at radius 1 is 1.42 bits per heavy atom.